The Morgan fingerprint density at radius 3 is 2.60 bits per heavy atom. The van der Waals surface area contributed by atoms with Gasteiger partial charge in [0.05, 0.1) is 22.0 Å². The topological polar surface area (TPSA) is 46.9 Å². The van der Waals surface area contributed by atoms with Gasteiger partial charge in [0, 0.05) is 11.0 Å². The van der Waals surface area contributed by atoms with E-state index >= 15 is 0 Å². The number of hydrogen-bond acceptors (Lipinski definition) is 3. The third-order valence-corrected chi connectivity index (χ3v) is 4.62. The van der Waals surface area contributed by atoms with Crippen LogP contribution in [0.25, 0.3) is 5.69 Å². The van der Waals surface area contributed by atoms with Gasteiger partial charge in [0.2, 0.25) is 0 Å². The highest BCUT2D eigenvalue weighted by molar-refractivity contribution is 7.98. The third kappa shape index (κ3) is 3.86. The van der Waals surface area contributed by atoms with E-state index in [1.54, 1.807) is 35.0 Å². The average molecular weight is 376 g/mol. The highest BCUT2D eigenvalue weighted by Crippen LogP contribution is 2.25. The molecule has 128 valence electrons. The Bertz CT molecular complexity index is 925. The highest BCUT2D eigenvalue weighted by Gasteiger charge is 2.15. The zero-order valence-corrected chi connectivity index (χ0v) is 15.2. The number of amides is 1. The summed E-state index contributed by atoms with van der Waals surface area (Å²) in [5.74, 6) is -0.178. The van der Waals surface area contributed by atoms with Crippen LogP contribution in [-0.4, -0.2) is 21.9 Å². The van der Waals surface area contributed by atoms with Crippen LogP contribution in [0.5, 0.6) is 0 Å². The molecule has 0 fully saturated rings. The minimum atomic E-state index is -0.334. The molecule has 0 aliphatic heterocycles. The predicted molar refractivity (Wildman–Crippen MR) is 99.4 cm³/mol. The smallest absolute Gasteiger partial charge is 0.258 e. The summed E-state index contributed by atoms with van der Waals surface area (Å²) in [7, 11) is 0. The Labute approximate surface area is 154 Å². The number of hydrogen-bond donors (Lipinski definition) is 1. The van der Waals surface area contributed by atoms with Gasteiger partial charge in [0.1, 0.15) is 11.6 Å². The van der Waals surface area contributed by atoms with Crippen molar-refractivity contribution < 1.29 is 9.18 Å². The summed E-state index contributed by atoms with van der Waals surface area (Å²) >= 11 is 7.69. The van der Waals surface area contributed by atoms with Crippen molar-refractivity contribution in [1.82, 2.24) is 9.78 Å². The molecule has 7 heteroatoms. The Kier molecular flexibility index (Phi) is 5.11. The molecule has 1 amide bonds. The fourth-order valence-corrected chi connectivity index (χ4v) is 3.00. The molecule has 1 aromatic heterocycles. The van der Waals surface area contributed by atoms with Gasteiger partial charge >= 0.3 is 0 Å². The number of nitrogens with zero attached hydrogens (tertiary/aromatic N) is 2. The molecule has 0 saturated heterocycles. The normalized spacial score (nSPS) is 10.7. The highest BCUT2D eigenvalue weighted by atomic mass is 35.5. The maximum Gasteiger partial charge on any atom is 0.258 e. The maximum atomic E-state index is 13.1. The maximum absolute atomic E-state index is 13.1. The number of aryl methyl sites for hydroxylation is 1. The molecule has 0 saturated carbocycles. The summed E-state index contributed by atoms with van der Waals surface area (Å²) in [6.45, 7) is 1.82. The number of nitrogens with one attached hydrogen (secondary N) is 1. The van der Waals surface area contributed by atoms with Crippen LogP contribution in [0.3, 0.4) is 0 Å². The third-order valence-electron chi connectivity index (χ3n) is 3.56. The molecule has 3 rings (SSSR count). The van der Waals surface area contributed by atoms with Gasteiger partial charge in [-0.3, -0.25) is 4.79 Å². The van der Waals surface area contributed by atoms with Crippen molar-refractivity contribution in [2.45, 2.75) is 11.8 Å². The SMILES string of the molecule is CSc1ccc(Cl)c(C(=O)Nc2cc(C)nn2-c2ccc(F)cc2)c1. The molecule has 0 spiro atoms. The number of benzene rings is 2. The molecule has 1 heterocycles. The van der Waals surface area contributed by atoms with Crippen LogP contribution in [0.2, 0.25) is 5.02 Å². The minimum Gasteiger partial charge on any atom is -0.306 e. The van der Waals surface area contributed by atoms with Crippen LogP contribution in [-0.2, 0) is 0 Å². The molecule has 25 heavy (non-hydrogen) atoms. The standard InChI is InChI=1S/C18H15ClFN3OS/c1-11-9-17(23(22-11)13-5-3-12(20)4-6-13)21-18(24)15-10-14(25-2)7-8-16(15)19/h3-10H,1-2H3,(H,21,24). The van der Waals surface area contributed by atoms with Crippen LogP contribution in [0, 0.1) is 12.7 Å². The van der Waals surface area contributed by atoms with Crippen molar-refractivity contribution in [3.63, 3.8) is 0 Å². The summed E-state index contributed by atoms with van der Waals surface area (Å²) in [4.78, 5) is 13.6. The van der Waals surface area contributed by atoms with E-state index in [1.807, 2.05) is 19.2 Å². The van der Waals surface area contributed by atoms with Gasteiger partial charge in [-0.05, 0) is 55.6 Å². The quantitative estimate of drug-likeness (QED) is 0.656. The Balaban J connectivity index is 1.93. The summed E-state index contributed by atoms with van der Waals surface area (Å²) < 4.78 is 14.7. The lowest BCUT2D eigenvalue weighted by Gasteiger charge is -2.10. The first-order valence-electron chi connectivity index (χ1n) is 7.45. The van der Waals surface area contributed by atoms with Gasteiger partial charge in [0.25, 0.3) is 5.91 Å². The van der Waals surface area contributed by atoms with Gasteiger partial charge in [-0.1, -0.05) is 11.6 Å². The lowest BCUT2D eigenvalue weighted by atomic mass is 10.2. The summed E-state index contributed by atoms with van der Waals surface area (Å²) in [5, 5.41) is 7.56. The molecule has 1 N–H and O–H groups in total. The first kappa shape index (κ1) is 17.5. The number of halogens is 2. The van der Waals surface area contributed by atoms with E-state index in [4.69, 9.17) is 11.6 Å². The van der Waals surface area contributed by atoms with Crippen LogP contribution in [0.1, 0.15) is 16.1 Å². The van der Waals surface area contributed by atoms with Gasteiger partial charge in [-0.2, -0.15) is 5.10 Å². The first-order chi connectivity index (χ1) is 12.0. The van der Waals surface area contributed by atoms with Crippen LogP contribution < -0.4 is 5.32 Å². The number of anilines is 1. The molecular weight excluding hydrogens is 361 g/mol. The summed E-state index contributed by atoms with van der Waals surface area (Å²) in [6, 6.07) is 12.9. The van der Waals surface area contributed by atoms with E-state index in [0.717, 1.165) is 10.6 Å². The fraction of sp³-hybridized carbons (Fsp3) is 0.111. The lowest BCUT2D eigenvalue weighted by Crippen LogP contribution is -2.15. The number of thioether (sulfide) groups is 1. The Hall–Kier alpha value is -2.31. The molecule has 0 radical (unpaired) electrons. The van der Waals surface area contributed by atoms with E-state index in [0.29, 0.717) is 22.1 Å². The van der Waals surface area contributed by atoms with Crippen molar-refractivity contribution in [1.29, 1.82) is 0 Å². The van der Waals surface area contributed by atoms with Gasteiger partial charge in [-0.25, -0.2) is 9.07 Å². The Morgan fingerprint density at radius 2 is 1.92 bits per heavy atom. The zero-order valence-electron chi connectivity index (χ0n) is 13.6. The summed E-state index contributed by atoms with van der Waals surface area (Å²) in [5.41, 5.74) is 1.76. The molecular formula is C18H15ClFN3OS. The van der Waals surface area contributed by atoms with E-state index in [1.165, 1.54) is 23.9 Å². The molecule has 0 aliphatic carbocycles. The molecule has 3 aromatic rings. The monoisotopic (exact) mass is 375 g/mol. The molecule has 0 unspecified atom stereocenters. The Morgan fingerprint density at radius 1 is 1.20 bits per heavy atom. The van der Waals surface area contributed by atoms with Crippen molar-refractivity contribution >= 4 is 35.1 Å². The van der Waals surface area contributed by atoms with E-state index in [2.05, 4.69) is 10.4 Å². The second-order valence-corrected chi connectivity index (χ2v) is 6.65. The van der Waals surface area contributed by atoms with Crippen LogP contribution in [0.15, 0.2) is 53.4 Å². The second-order valence-electron chi connectivity index (χ2n) is 5.36. The predicted octanol–water partition coefficient (Wildman–Crippen LogP) is 4.95. The molecule has 2 aromatic carbocycles. The lowest BCUT2D eigenvalue weighted by molar-refractivity contribution is 0.102. The summed E-state index contributed by atoms with van der Waals surface area (Å²) in [6.07, 6.45) is 1.93. The number of aromatic nitrogens is 2. The zero-order chi connectivity index (χ0) is 18.0. The fourth-order valence-electron chi connectivity index (χ4n) is 2.36. The van der Waals surface area contributed by atoms with Crippen molar-refractivity contribution in [3.05, 3.63) is 70.6 Å². The van der Waals surface area contributed by atoms with Crippen LogP contribution in [0.4, 0.5) is 10.2 Å². The minimum absolute atomic E-state index is 0.329. The molecule has 0 bridgehead atoms. The average Bonchev–Trinajstić information content (AvgIpc) is 2.96. The van der Waals surface area contributed by atoms with E-state index in [-0.39, 0.29) is 11.7 Å². The van der Waals surface area contributed by atoms with Gasteiger partial charge in [-0.15, -0.1) is 11.8 Å². The first-order valence-corrected chi connectivity index (χ1v) is 9.05. The van der Waals surface area contributed by atoms with Gasteiger partial charge in [0.15, 0.2) is 0 Å². The van der Waals surface area contributed by atoms with Crippen LogP contribution >= 0.6 is 23.4 Å². The van der Waals surface area contributed by atoms with Crippen molar-refractivity contribution in [2.75, 3.05) is 11.6 Å². The second kappa shape index (κ2) is 7.29. The van der Waals surface area contributed by atoms with E-state index < -0.39 is 0 Å². The molecule has 0 aliphatic rings. The molecule has 0 atom stereocenters. The molecule has 4 nitrogen and oxygen atoms in total. The van der Waals surface area contributed by atoms with E-state index in [9.17, 15) is 9.18 Å². The van der Waals surface area contributed by atoms with Crippen molar-refractivity contribution in [3.8, 4) is 5.69 Å². The number of rotatable bonds is 4. The van der Waals surface area contributed by atoms with Crippen molar-refractivity contribution in [2.24, 2.45) is 0 Å². The number of carbonyl (C=O) groups is 1. The number of carbonyl (C=O) groups excluding carboxylic acids is 1. The van der Waals surface area contributed by atoms with Gasteiger partial charge < -0.3 is 5.32 Å². The largest absolute Gasteiger partial charge is 0.306 e.